The second kappa shape index (κ2) is 5.95. The zero-order valence-corrected chi connectivity index (χ0v) is 10.7. The summed E-state index contributed by atoms with van der Waals surface area (Å²) in [4.78, 5) is 10.6. The summed E-state index contributed by atoms with van der Waals surface area (Å²) in [6.45, 7) is -0.233. The largest absolute Gasteiger partial charge is 0.485 e. The van der Waals surface area contributed by atoms with Crippen molar-refractivity contribution in [1.29, 1.82) is 0 Å². The van der Waals surface area contributed by atoms with Crippen molar-refractivity contribution in [3.8, 4) is 5.75 Å². The van der Waals surface area contributed by atoms with Crippen LogP contribution in [0.5, 0.6) is 5.75 Å². The molecule has 0 fully saturated rings. The molecule has 0 unspecified atom stereocenters. The highest BCUT2D eigenvalue weighted by Crippen LogP contribution is 2.38. The van der Waals surface area contributed by atoms with E-state index in [0.717, 1.165) is 6.07 Å². The number of rotatable bonds is 4. The first-order chi connectivity index (χ1) is 9.93. The minimum Gasteiger partial charge on any atom is -0.485 e. The van der Waals surface area contributed by atoms with E-state index in [9.17, 15) is 22.4 Å². The van der Waals surface area contributed by atoms with Gasteiger partial charge in [0, 0.05) is 0 Å². The Labute approximate surface area is 118 Å². The third-order valence-electron chi connectivity index (χ3n) is 2.79. The molecule has 2 nitrogen and oxygen atoms in total. The van der Waals surface area contributed by atoms with E-state index in [2.05, 4.69) is 0 Å². The first-order valence-corrected chi connectivity index (χ1v) is 5.95. The lowest BCUT2D eigenvalue weighted by Crippen LogP contribution is -2.11. The molecule has 0 amide bonds. The number of alkyl halides is 3. The Morgan fingerprint density at radius 3 is 2.29 bits per heavy atom. The highest BCUT2D eigenvalue weighted by molar-refractivity contribution is 5.76. The van der Waals surface area contributed by atoms with Gasteiger partial charge in [-0.2, -0.15) is 13.2 Å². The van der Waals surface area contributed by atoms with Crippen LogP contribution in [-0.4, -0.2) is 6.29 Å². The van der Waals surface area contributed by atoms with Crippen LogP contribution in [0.25, 0.3) is 0 Å². The van der Waals surface area contributed by atoms with Gasteiger partial charge in [0.05, 0.1) is 5.56 Å². The van der Waals surface area contributed by atoms with Crippen LogP contribution in [0.4, 0.5) is 17.6 Å². The lowest BCUT2D eigenvalue weighted by atomic mass is 10.1. The van der Waals surface area contributed by atoms with Gasteiger partial charge in [0.25, 0.3) is 0 Å². The fourth-order valence-corrected chi connectivity index (χ4v) is 1.76. The quantitative estimate of drug-likeness (QED) is 0.623. The molecule has 0 saturated carbocycles. The number of carbonyl (C=O) groups is 1. The summed E-state index contributed by atoms with van der Waals surface area (Å²) >= 11 is 0. The lowest BCUT2D eigenvalue weighted by molar-refractivity contribution is -0.139. The average molecular weight is 298 g/mol. The Morgan fingerprint density at radius 1 is 1.05 bits per heavy atom. The predicted octanol–water partition coefficient (Wildman–Crippen LogP) is 4.24. The number of halogens is 4. The average Bonchev–Trinajstić information content (AvgIpc) is 2.45. The molecule has 2 aromatic rings. The van der Waals surface area contributed by atoms with Crippen LogP contribution in [0.15, 0.2) is 42.5 Å². The number of aldehydes is 1. The van der Waals surface area contributed by atoms with Crippen molar-refractivity contribution in [2.75, 3.05) is 0 Å². The summed E-state index contributed by atoms with van der Waals surface area (Å²) in [6.07, 6.45) is -4.63. The van der Waals surface area contributed by atoms with Gasteiger partial charge in [0.2, 0.25) is 0 Å². The van der Waals surface area contributed by atoms with Gasteiger partial charge in [-0.3, -0.25) is 4.79 Å². The van der Waals surface area contributed by atoms with Crippen LogP contribution in [0.3, 0.4) is 0 Å². The maximum absolute atomic E-state index is 13.9. The lowest BCUT2D eigenvalue weighted by Gasteiger charge is -2.15. The summed E-state index contributed by atoms with van der Waals surface area (Å²) < 4.78 is 57.4. The van der Waals surface area contributed by atoms with Crippen LogP contribution in [0.1, 0.15) is 21.5 Å². The Balaban J connectivity index is 2.37. The van der Waals surface area contributed by atoms with Crippen molar-refractivity contribution in [3.05, 3.63) is 65.0 Å². The Morgan fingerprint density at radius 2 is 1.71 bits per heavy atom. The molecule has 2 aromatic carbocycles. The third-order valence-corrected chi connectivity index (χ3v) is 2.79. The molecule has 0 aliphatic rings. The zero-order chi connectivity index (χ0) is 15.5. The summed E-state index contributed by atoms with van der Waals surface area (Å²) in [5.41, 5.74) is -1.14. The molecule has 0 aliphatic heterocycles. The molecule has 0 aromatic heterocycles. The Hall–Kier alpha value is -2.37. The number of hydrogen-bond donors (Lipinski definition) is 0. The summed E-state index contributed by atoms with van der Waals surface area (Å²) in [5.74, 6) is -2.27. The van der Waals surface area contributed by atoms with Crippen molar-refractivity contribution in [3.63, 3.8) is 0 Å². The molecule has 0 heterocycles. The molecule has 0 atom stereocenters. The Bertz CT molecular complexity index is 636. The molecule has 110 valence electrons. The van der Waals surface area contributed by atoms with Crippen LogP contribution >= 0.6 is 0 Å². The first-order valence-electron chi connectivity index (χ1n) is 5.95. The Kier molecular flexibility index (Phi) is 4.26. The number of carbonyl (C=O) groups excluding carboxylic acids is 1. The standard InChI is InChI=1S/C15H10F4O2/c16-13-11(8-20)6-7-12(15(17,18)19)14(13)21-9-10-4-2-1-3-5-10/h1-8H,9H2. The van der Waals surface area contributed by atoms with E-state index in [0.29, 0.717) is 11.6 Å². The molecule has 0 saturated heterocycles. The maximum Gasteiger partial charge on any atom is 0.420 e. The second-order valence-corrected chi connectivity index (χ2v) is 4.24. The van der Waals surface area contributed by atoms with Crippen molar-refractivity contribution in [2.24, 2.45) is 0 Å². The normalized spacial score (nSPS) is 11.2. The fourth-order valence-electron chi connectivity index (χ4n) is 1.76. The molecule has 0 N–H and O–H groups in total. The summed E-state index contributed by atoms with van der Waals surface area (Å²) in [5, 5.41) is 0. The number of benzene rings is 2. The van der Waals surface area contributed by atoms with Crippen molar-refractivity contribution >= 4 is 6.29 Å². The van der Waals surface area contributed by atoms with Gasteiger partial charge in [-0.15, -0.1) is 0 Å². The third kappa shape index (κ3) is 3.39. The maximum atomic E-state index is 13.9. The van der Waals surface area contributed by atoms with Gasteiger partial charge in [0.15, 0.2) is 17.9 Å². The molecule has 0 spiro atoms. The van der Waals surface area contributed by atoms with Crippen LogP contribution in [0.2, 0.25) is 0 Å². The van der Waals surface area contributed by atoms with Gasteiger partial charge in [0.1, 0.15) is 12.2 Å². The van der Waals surface area contributed by atoms with Gasteiger partial charge >= 0.3 is 6.18 Å². The van der Waals surface area contributed by atoms with E-state index >= 15 is 0 Å². The molecular formula is C15H10F4O2. The van der Waals surface area contributed by atoms with Crippen LogP contribution < -0.4 is 4.74 Å². The van der Waals surface area contributed by atoms with Crippen LogP contribution in [-0.2, 0) is 12.8 Å². The molecule has 0 radical (unpaired) electrons. The minimum atomic E-state index is -4.77. The molecule has 6 heteroatoms. The predicted molar refractivity (Wildman–Crippen MR) is 67.6 cm³/mol. The zero-order valence-electron chi connectivity index (χ0n) is 10.7. The molecule has 2 rings (SSSR count). The topological polar surface area (TPSA) is 26.3 Å². The summed E-state index contributed by atoms with van der Waals surface area (Å²) in [6, 6.07) is 9.78. The van der Waals surface area contributed by atoms with E-state index in [-0.39, 0.29) is 12.9 Å². The molecule has 0 bridgehead atoms. The number of ether oxygens (including phenoxy) is 1. The monoisotopic (exact) mass is 298 g/mol. The van der Waals surface area contributed by atoms with Crippen molar-refractivity contribution < 1.29 is 27.1 Å². The van der Waals surface area contributed by atoms with E-state index in [1.807, 2.05) is 0 Å². The van der Waals surface area contributed by atoms with Gasteiger partial charge in [-0.05, 0) is 17.7 Å². The smallest absolute Gasteiger partial charge is 0.420 e. The van der Waals surface area contributed by atoms with Gasteiger partial charge in [-0.1, -0.05) is 30.3 Å². The number of hydrogen-bond acceptors (Lipinski definition) is 2. The molecular weight excluding hydrogens is 288 g/mol. The SMILES string of the molecule is O=Cc1ccc(C(F)(F)F)c(OCc2ccccc2)c1F. The van der Waals surface area contributed by atoms with E-state index in [4.69, 9.17) is 4.74 Å². The second-order valence-electron chi connectivity index (χ2n) is 4.24. The fraction of sp³-hybridized carbons (Fsp3) is 0.133. The summed E-state index contributed by atoms with van der Waals surface area (Å²) in [7, 11) is 0. The minimum absolute atomic E-state index is 0.144. The van der Waals surface area contributed by atoms with Gasteiger partial charge in [-0.25, -0.2) is 4.39 Å². The van der Waals surface area contributed by atoms with Gasteiger partial charge < -0.3 is 4.74 Å². The molecule has 0 aliphatic carbocycles. The first kappa shape index (κ1) is 15.0. The highest BCUT2D eigenvalue weighted by Gasteiger charge is 2.36. The van der Waals surface area contributed by atoms with E-state index in [1.54, 1.807) is 30.3 Å². The van der Waals surface area contributed by atoms with Crippen molar-refractivity contribution in [1.82, 2.24) is 0 Å². The highest BCUT2D eigenvalue weighted by atomic mass is 19.4. The van der Waals surface area contributed by atoms with Crippen LogP contribution in [0, 0.1) is 5.82 Å². The van der Waals surface area contributed by atoms with E-state index in [1.165, 1.54) is 0 Å². The molecule has 21 heavy (non-hydrogen) atoms. The van der Waals surface area contributed by atoms with Crippen molar-refractivity contribution in [2.45, 2.75) is 12.8 Å². The van der Waals surface area contributed by atoms with E-state index < -0.39 is 28.9 Å².